The fourth-order valence-corrected chi connectivity index (χ4v) is 3.26. The summed E-state index contributed by atoms with van der Waals surface area (Å²) in [4.78, 5) is 19.9. The molecule has 4 heterocycles. The van der Waals surface area contributed by atoms with Gasteiger partial charge in [0.15, 0.2) is 5.82 Å². The average molecular weight is 336 g/mol. The van der Waals surface area contributed by atoms with Crippen LogP contribution in [-0.2, 0) is 6.54 Å². The van der Waals surface area contributed by atoms with Crippen LogP contribution < -0.4 is 5.32 Å². The van der Waals surface area contributed by atoms with Gasteiger partial charge >= 0.3 is 0 Å². The molecule has 128 valence electrons. The number of anilines is 2. The van der Waals surface area contributed by atoms with E-state index in [1.54, 1.807) is 37.2 Å². The van der Waals surface area contributed by atoms with Gasteiger partial charge in [-0.15, -0.1) is 0 Å². The van der Waals surface area contributed by atoms with E-state index in [2.05, 4.69) is 40.3 Å². The largest absolute Gasteiger partial charge is 0.322 e. The number of piperidine rings is 1. The van der Waals surface area contributed by atoms with Gasteiger partial charge in [-0.3, -0.25) is 20.0 Å². The second kappa shape index (κ2) is 7.35. The first-order valence-corrected chi connectivity index (χ1v) is 8.43. The predicted molar refractivity (Wildman–Crippen MR) is 93.2 cm³/mol. The lowest BCUT2D eigenvalue weighted by Crippen LogP contribution is -2.34. The van der Waals surface area contributed by atoms with Crippen LogP contribution in [0.25, 0.3) is 0 Å². The van der Waals surface area contributed by atoms with Crippen molar-refractivity contribution in [3.63, 3.8) is 0 Å². The molecule has 0 aliphatic carbocycles. The number of aromatic nitrogens is 6. The second-order valence-corrected chi connectivity index (χ2v) is 6.16. The van der Waals surface area contributed by atoms with Crippen LogP contribution >= 0.6 is 0 Å². The van der Waals surface area contributed by atoms with Crippen LogP contribution in [0.4, 0.5) is 11.6 Å². The number of nitrogens with one attached hydrogen (secondary N) is 2. The number of nitrogens with zero attached hydrogens (tertiary/aromatic N) is 6. The molecule has 25 heavy (non-hydrogen) atoms. The fourth-order valence-electron chi connectivity index (χ4n) is 3.26. The van der Waals surface area contributed by atoms with Gasteiger partial charge in [0.05, 0.1) is 11.9 Å². The summed E-state index contributed by atoms with van der Waals surface area (Å²) >= 11 is 0. The summed E-state index contributed by atoms with van der Waals surface area (Å²) in [6.07, 6.45) is 12.5. The van der Waals surface area contributed by atoms with Gasteiger partial charge in [-0.25, -0.2) is 9.97 Å². The van der Waals surface area contributed by atoms with Gasteiger partial charge in [0.1, 0.15) is 5.82 Å². The number of aromatic amines is 1. The van der Waals surface area contributed by atoms with Gasteiger partial charge < -0.3 is 5.32 Å². The standard InChI is InChI=1S/C17H20N8/c1-2-13(11-25(9-1)12-14-3-4-22-24-14)16-17(21-8-7-20-16)23-15-10-18-5-6-19-15/h3-8,10,13H,1-2,9,11-12H2,(H,22,24)(H,19,21,23). The number of hydrogen-bond donors (Lipinski definition) is 2. The molecular formula is C17H20N8. The fraction of sp³-hybridized carbons (Fsp3) is 0.353. The summed E-state index contributed by atoms with van der Waals surface area (Å²) in [6.45, 7) is 2.92. The summed E-state index contributed by atoms with van der Waals surface area (Å²) in [5.41, 5.74) is 2.13. The van der Waals surface area contributed by atoms with Crippen LogP contribution in [0.1, 0.15) is 30.1 Å². The van der Waals surface area contributed by atoms with E-state index < -0.39 is 0 Å². The third kappa shape index (κ3) is 3.80. The summed E-state index contributed by atoms with van der Waals surface area (Å²) in [5.74, 6) is 1.77. The topological polar surface area (TPSA) is 95.5 Å². The van der Waals surface area contributed by atoms with Gasteiger partial charge in [0.25, 0.3) is 0 Å². The summed E-state index contributed by atoms with van der Waals surface area (Å²) < 4.78 is 0. The SMILES string of the molecule is c1cnc(Nc2nccnc2C2CCCN(Cc3ccn[nH]3)C2)cn1. The van der Waals surface area contributed by atoms with Crippen molar-refractivity contribution in [1.29, 1.82) is 0 Å². The first kappa shape index (κ1) is 15.6. The van der Waals surface area contributed by atoms with Crippen molar-refractivity contribution >= 4 is 11.6 Å². The minimum atomic E-state index is 0.338. The lowest BCUT2D eigenvalue weighted by molar-refractivity contribution is 0.196. The van der Waals surface area contributed by atoms with Gasteiger partial charge in [-0.2, -0.15) is 5.10 Å². The smallest absolute Gasteiger partial charge is 0.153 e. The molecule has 1 atom stereocenters. The highest BCUT2D eigenvalue weighted by atomic mass is 15.2. The Balaban J connectivity index is 1.51. The Morgan fingerprint density at radius 2 is 2.04 bits per heavy atom. The van der Waals surface area contributed by atoms with Gasteiger partial charge in [-0.1, -0.05) is 0 Å². The van der Waals surface area contributed by atoms with Gasteiger partial charge in [0.2, 0.25) is 0 Å². The van der Waals surface area contributed by atoms with E-state index in [4.69, 9.17) is 0 Å². The van der Waals surface area contributed by atoms with Crippen molar-refractivity contribution in [3.8, 4) is 0 Å². The van der Waals surface area contributed by atoms with Crippen LogP contribution in [0.2, 0.25) is 0 Å². The normalized spacial score (nSPS) is 18.2. The summed E-state index contributed by atoms with van der Waals surface area (Å²) in [6, 6.07) is 2.02. The van der Waals surface area contributed by atoms with E-state index in [0.29, 0.717) is 11.7 Å². The number of hydrogen-bond acceptors (Lipinski definition) is 7. The van der Waals surface area contributed by atoms with Crippen molar-refractivity contribution in [2.75, 3.05) is 18.4 Å². The maximum Gasteiger partial charge on any atom is 0.153 e. The van der Waals surface area contributed by atoms with Crippen molar-refractivity contribution in [3.05, 3.63) is 54.6 Å². The van der Waals surface area contributed by atoms with E-state index >= 15 is 0 Å². The molecule has 2 N–H and O–H groups in total. The Labute approximate surface area is 145 Å². The molecule has 8 nitrogen and oxygen atoms in total. The van der Waals surface area contributed by atoms with Gasteiger partial charge in [0, 0.05) is 55.7 Å². The second-order valence-electron chi connectivity index (χ2n) is 6.16. The molecular weight excluding hydrogens is 316 g/mol. The molecule has 1 saturated heterocycles. The highest BCUT2D eigenvalue weighted by molar-refractivity contribution is 5.53. The average Bonchev–Trinajstić information content (AvgIpc) is 3.16. The minimum absolute atomic E-state index is 0.338. The van der Waals surface area contributed by atoms with Crippen molar-refractivity contribution < 1.29 is 0 Å². The molecule has 1 aliphatic heterocycles. The molecule has 0 bridgehead atoms. The molecule has 0 saturated carbocycles. The van der Waals surface area contributed by atoms with Crippen LogP contribution in [0.5, 0.6) is 0 Å². The lowest BCUT2D eigenvalue weighted by atomic mass is 9.94. The van der Waals surface area contributed by atoms with Crippen LogP contribution in [0.15, 0.2) is 43.2 Å². The van der Waals surface area contributed by atoms with E-state index in [1.165, 1.54) is 0 Å². The Morgan fingerprint density at radius 3 is 2.88 bits per heavy atom. The Morgan fingerprint density at radius 1 is 1.12 bits per heavy atom. The highest BCUT2D eigenvalue weighted by Gasteiger charge is 2.25. The Kier molecular flexibility index (Phi) is 4.60. The summed E-state index contributed by atoms with van der Waals surface area (Å²) in [7, 11) is 0. The molecule has 1 unspecified atom stereocenters. The van der Waals surface area contributed by atoms with Crippen molar-refractivity contribution in [2.45, 2.75) is 25.3 Å². The molecule has 0 spiro atoms. The highest BCUT2D eigenvalue weighted by Crippen LogP contribution is 2.30. The van der Waals surface area contributed by atoms with Gasteiger partial charge in [-0.05, 0) is 25.5 Å². The molecule has 1 aliphatic rings. The number of rotatable bonds is 5. The molecule has 0 amide bonds. The molecule has 1 fully saturated rings. The zero-order valence-corrected chi connectivity index (χ0v) is 13.8. The van der Waals surface area contributed by atoms with Crippen molar-refractivity contribution in [2.24, 2.45) is 0 Å². The first-order valence-electron chi connectivity index (χ1n) is 8.43. The Hall–Kier alpha value is -2.87. The molecule has 3 aromatic rings. The monoisotopic (exact) mass is 336 g/mol. The quantitative estimate of drug-likeness (QED) is 0.736. The number of H-pyrrole nitrogens is 1. The third-order valence-electron chi connectivity index (χ3n) is 4.38. The van der Waals surface area contributed by atoms with E-state index in [0.717, 1.165) is 49.7 Å². The van der Waals surface area contributed by atoms with Crippen LogP contribution in [0.3, 0.4) is 0 Å². The maximum absolute atomic E-state index is 4.61. The minimum Gasteiger partial charge on any atom is -0.322 e. The van der Waals surface area contributed by atoms with Crippen LogP contribution in [-0.4, -0.2) is 48.1 Å². The molecule has 8 heteroatoms. The predicted octanol–water partition coefficient (Wildman–Crippen LogP) is 2.11. The molecule has 4 rings (SSSR count). The van der Waals surface area contributed by atoms with Crippen LogP contribution in [0, 0.1) is 0 Å². The van der Waals surface area contributed by atoms with E-state index in [1.807, 2.05) is 6.07 Å². The first-order chi connectivity index (χ1) is 12.4. The number of likely N-dealkylation sites (tertiary alicyclic amines) is 1. The zero-order chi connectivity index (χ0) is 16.9. The molecule has 0 aromatic carbocycles. The van der Waals surface area contributed by atoms with E-state index in [9.17, 15) is 0 Å². The van der Waals surface area contributed by atoms with Crippen molar-refractivity contribution in [1.82, 2.24) is 35.0 Å². The van der Waals surface area contributed by atoms with E-state index in [-0.39, 0.29) is 0 Å². The zero-order valence-electron chi connectivity index (χ0n) is 13.8. The summed E-state index contributed by atoms with van der Waals surface area (Å²) in [5, 5.41) is 10.3. The maximum atomic E-state index is 4.61. The Bertz CT molecular complexity index is 789. The third-order valence-corrected chi connectivity index (χ3v) is 4.38. The molecule has 0 radical (unpaired) electrons. The molecule has 3 aromatic heterocycles. The lowest BCUT2D eigenvalue weighted by Gasteiger charge is -2.32.